The van der Waals surface area contributed by atoms with E-state index in [1.165, 1.54) is 19.9 Å². The minimum Gasteiger partial charge on any atom is -0.512 e. The molecule has 7 heteroatoms. The number of ketones is 1. The number of allylic oxidation sites excluding steroid dienone is 2. The van der Waals surface area contributed by atoms with E-state index in [-0.39, 0.29) is 32.6 Å². The largest absolute Gasteiger partial charge is 0.512 e. The van der Waals surface area contributed by atoms with Crippen molar-refractivity contribution in [1.82, 2.24) is 4.98 Å². The Morgan fingerprint density at radius 1 is 1.00 bits per heavy atom. The van der Waals surface area contributed by atoms with Gasteiger partial charge in [0.2, 0.25) is 0 Å². The quantitative estimate of drug-likeness (QED) is 0.331. The van der Waals surface area contributed by atoms with Crippen molar-refractivity contribution in [2.75, 3.05) is 57.0 Å². The first-order valence-electron chi connectivity index (χ1n) is 8.95. The molecule has 0 atom stereocenters. The van der Waals surface area contributed by atoms with Gasteiger partial charge in [-0.3, -0.25) is 4.79 Å². The van der Waals surface area contributed by atoms with Crippen molar-refractivity contribution in [3.63, 3.8) is 0 Å². The van der Waals surface area contributed by atoms with Crippen LogP contribution in [0.4, 0.5) is 17.1 Å². The third-order valence-corrected chi connectivity index (χ3v) is 3.78. The summed E-state index contributed by atoms with van der Waals surface area (Å²) in [6.07, 6.45) is 3.01. The van der Waals surface area contributed by atoms with Gasteiger partial charge in [-0.1, -0.05) is 6.07 Å². The van der Waals surface area contributed by atoms with Crippen molar-refractivity contribution in [2.45, 2.75) is 13.8 Å². The molecule has 0 aliphatic rings. The van der Waals surface area contributed by atoms with Crippen LogP contribution in [0.2, 0.25) is 0 Å². The average molecular weight is 579 g/mol. The minimum atomic E-state index is -0.125. The molecule has 0 unspecified atom stereocenters. The number of carbonyl (C=O) groups is 1. The van der Waals surface area contributed by atoms with Crippen LogP contribution in [0.15, 0.2) is 42.3 Å². The van der Waals surface area contributed by atoms with Crippen molar-refractivity contribution < 1.29 is 31.0 Å². The molecular formula is C22H31N4O2Pt-. The Morgan fingerprint density at radius 2 is 1.62 bits per heavy atom. The number of aliphatic hydroxyl groups is 1. The number of hydrogen-bond donors (Lipinski definition) is 1. The molecule has 0 aliphatic heterocycles. The maximum atomic E-state index is 10.0. The van der Waals surface area contributed by atoms with Crippen LogP contribution < -0.4 is 14.7 Å². The van der Waals surface area contributed by atoms with Gasteiger partial charge >= 0.3 is 0 Å². The van der Waals surface area contributed by atoms with Crippen molar-refractivity contribution in [3.8, 4) is 11.3 Å². The molecule has 0 saturated heterocycles. The zero-order chi connectivity index (χ0) is 21.4. The van der Waals surface area contributed by atoms with Gasteiger partial charge in [0.05, 0.1) is 5.76 Å². The second-order valence-electron chi connectivity index (χ2n) is 7.08. The topological polar surface area (TPSA) is 59.9 Å². The summed E-state index contributed by atoms with van der Waals surface area (Å²) >= 11 is 0. The maximum Gasteiger partial charge on any atom is 0.155 e. The number of pyridine rings is 1. The Bertz CT molecular complexity index is 829. The molecule has 6 nitrogen and oxygen atoms in total. The Labute approximate surface area is 189 Å². The Morgan fingerprint density at radius 3 is 2.03 bits per heavy atom. The summed E-state index contributed by atoms with van der Waals surface area (Å²) in [7, 11) is 12.2. The summed E-state index contributed by atoms with van der Waals surface area (Å²) < 4.78 is 0. The molecule has 1 N–H and O–H groups in total. The fourth-order valence-corrected chi connectivity index (χ4v) is 2.46. The first-order valence-corrected chi connectivity index (χ1v) is 8.95. The molecule has 0 amide bonds. The number of aromatic nitrogens is 1. The number of hydrogen-bond acceptors (Lipinski definition) is 6. The van der Waals surface area contributed by atoms with Crippen LogP contribution in [0, 0.1) is 6.07 Å². The molecule has 0 bridgehead atoms. The van der Waals surface area contributed by atoms with Crippen molar-refractivity contribution in [3.05, 3.63) is 48.4 Å². The van der Waals surface area contributed by atoms with Gasteiger partial charge in [0, 0.05) is 67.2 Å². The first kappa shape index (κ1) is 26.7. The van der Waals surface area contributed by atoms with E-state index in [2.05, 4.69) is 43.9 Å². The summed E-state index contributed by atoms with van der Waals surface area (Å²) in [5.74, 6) is -0.0625. The SMILES string of the molecule is CC(=O)/C=C(/C)O.CN(C)c1ccnc(-c2[c-]c(N(C)C)c(N(C)C)cc2)c1.[Pt]. The van der Waals surface area contributed by atoms with Gasteiger partial charge in [-0.2, -0.15) is 0 Å². The number of aliphatic hydroxyl groups excluding tert-OH is 1. The zero-order valence-electron chi connectivity index (χ0n) is 18.4. The van der Waals surface area contributed by atoms with E-state index in [0.29, 0.717) is 0 Å². The molecule has 0 saturated carbocycles. The van der Waals surface area contributed by atoms with E-state index < -0.39 is 0 Å². The fourth-order valence-electron chi connectivity index (χ4n) is 2.46. The maximum absolute atomic E-state index is 10.0. The molecular weight excluding hydrogens is 547 g/mol. The van der Waals surface area contributed by atoms with Gasteiger partial charge in [-0.15, -0.1) is 23.8 Å². The summed E-state index contributed by atoms with van der Waals surface area (Å²) in [6.45, 7) is 2.85. The molecule has 1 aromatic carbocycles. The van der Waals surface area contributed by atoms with E-state index in [4.69, 9.17) is 5.11 Å². The van der Waals surface area contributed by atoms with Crippen LogP contribution in [0.1, 0.15) is 13.8 Å². The van der Waals surface area contributed by atoms with E-state index in [9.17, 15) is 4.79 Å². The fraction of sp³-hybridized carbons (Fsp3) is 0.364. The number of benzene rings is 1. The second kappa shape index (κ2) is 12.3. The zero-order valence-corrected chi connectivity index (χ0v) is 20.7. The molecule has 29 heavy (non-hydrogen) atoms. The number of carbonyl (C=O) groups excluding carboxylic acids is 1. The van der Waals surface area contributed by atoms with Gasteiger partial charge < -0.3 is 24.8 Å². The number of anilines is 3. The third kappa shape index (κ3) is 8.69. The molecule has 0 fully saturated rings. The van der Waals surface area contributed by atoms with Gasteiger partial charge in [0.15, 0.2) is 5.78 Å². The van der Waals surface area contributed by atoms with Crippen molar-refractivity contribution >= 4 is 22.8 Å². The molecule has 0 spiro atoms. The third-order valence-electron chi connectivity index (χ3n) is 3.78. The van der Waals surface area contributed by atoms with E-state index in [1.807, 2.05) is 54.5 Å². The summed E-state index contributed by atoms with van der Waals surface area (Å²) in [5.41, 5.74) is 5.29. The summed E-state index contributed by atoms with van der Waals surface area (Å²) in [6, 6.07) is 11.8. The van der Waals surface area contributed by atoms with Crippen LogP contribution in [0.5, 0.6) is 0 Å². The van der Waals surface area contributed by atoms with Crippen LogP contribution in [-0.2, 0) is 25.9 Å². The Hall–Kier alpha value is -2.33. The normalized spacial score (nSPS) is 10.3. The van der Waals surface area contributed by atoms with Crippen LogP contribution >= 0.6 is 0 Å². The predicted molar refractivity (Wildman–Crippen MR) is 119 cm³/mol. The van der Waals surface area contributed by atoms with Crippen LogP contribution in [0.25, 0.3) is 11.3 Å². The Balaban J connectivity index is 0.000000846. The van der Waals surface area contributed by atoms with E-state index in [0.717, 1.165) is 28.3 Å². The van der Waals surface area contributed by atoms with Gasteiger partial charge in [-0.05, 0) is 51.1 Å². The molecule has 2 aromatic rings. The van der Waals surface area contributed by atoms with E-state index >= 15 is 0 Å². The number of nitrogens with zero attached hydrogens (tertiary/aromatic N) is 4. The molecule has 0 aliphatic carbocycles. The molecule has 0 radical (unpaired) electrons. The Kier molecular flexibility index (Phi) is 11.3. The van der Waals surface area contributed by atoms with E-state index in [1.54, 1.807) is 0 Å². The van der Waals surface area contributed by atoms with Crippen molar-refractivity contribution in [1.29, 1.82) is 0 Å². The standard InChI is InChI=1S/C17H23N4.C5H8O2.Pt/c1-19(2)14-9-10-18-15(12-14)13-7-8-16(20(3)4)17(11-13)21(5)6;1-4(6)3-5(2)7;/h7-10,12H,1-6H3;3,6H,1-2H3;/q-1;;/b;4-3-;. The monoisotopic (exact) mass is 578 g/mol. The summed E-state index contributed by atoms with van der Waals surface area (Å²) in [4.78, 5) is 20.7. The van der Waals surface area contributed by atoms with Crippen molar-refractivity contribution in [2.24, 2.45) is 0 Å². The first-order chi connectivity index (χ1) is 13.0. The van der Waals surface area contributed by atoms with Gasteiger partial charge in [-0.25, -0.2) is 0 Å². The van der Waals surface area contributed by atoms with Gasteiger partial charge in [0.1, 0.15) is 0 Å². The number of rotatable bonds is 5. The predicted octanol–water partition coefficient (Wildman–Crippen LogP) is 3.78. The average Bonchev–Trinajstić information content (AvgIpc) is 2.60. The molecule has 162 valence electrons. The van der Waals surface area contributed by atoms with Crippen LogP contribution in [0.3, 0.4) is 0 Å². The summed E-state index contributed by atoms with van der Waals surface area (Å²) in [5, 5.41) is 8.36. The second-order valence-corrected chi connectivity index (χ2v) is 7.08. The molecule has 2 rings (SSSR count). The molecule has 1 heterocycles. The smallest absolute Gasteiger partial charge is 0.155 e. The molecule has 1 aromatic heterocycles. The minimum absolute atomic E-state index is 0. The van der Waals surface area contributed by atoms with Crippen LogP contribution in [-0.4, -0.2) is 58.2 Å². The van der Waals surface area contributed by atoms with Gasteiger partial charge in [0.25, 0.3) is 0 Å².